The number of nitrogens with two attached hydrogens (primary N) is 1. The van der Waals surface area contributed by atoms with Gasteiger partial charge in [0.25, 0.3) is 0 Å². The van der Waals surface area contributed by atoms with Gasteiger partial charge in [-0.1, -0.05) is 0 Å². The summed E-state index contributed by atoms with van der Waals surface area (Å²) in [6.45, 7) is 3.15. The first-order valence-corrected chi connectivity index (χ1v) is 6.46. The Bertz CT molecular complexity index is 646. The summed E-state index contributed by atoms with van der Waals surface area (Å²) in [7, 11) is 2.14. The van der Waals surface area contributed by atoms with Crippen LogP contribution in [0.25, 0.3) is 11.1 Å². The Morgan fingerprint density at radius 3 is 3.16 bits per heavy atom. The molecule has 1 aliphatic heterocycles. The Morgan fingerprint density at radius 2 is 2.42 bits per heavy atom. The highest BCUT2D eigenvalue weighted by atomic mass is 16.4. The van der Waals surface area contributed by atoms with Crippen molar-refractivity contribution in [2.45, 2.75) is 6.42 Å². The molecule has 2 heterocycles. The van der Waals surface area contributed by atoms with Crippen molar-refractivity contribution in [3.05, 3.63) is 22.7 Å². The van der Waals surface area contributed by atoms with E-state index in [4.69, 9.17) is 10.2 Å². The highest BCUT2D eigenvalue weighted by Gasteiger charge is 2.19. The molecule has 0 aliphatic carbocycles. The lowest BCUT2D eigenvalue weighted by atomic mass is 10.1. The zero-order valence-corrected chi connectivity index (χ0v) is 10.9. The average molecular weight is 262 g/mol. The molecule has 0 bridgehead atoms. The number of nitrogens with zero attached hydrogens (tertiary/aromatic N) is 1. The van der Waals surface area contributed by atoms with E-state index in [1.165, 1.54) is 6.42 Å². The quantitative estimate of drug-likeness (QED) is 0.720. The van der Waals surface area contributed by atoms with Gasteiger partial charge in [-0.25, -0.2) is 4.79 Å². The number of nitrogen functional groups attached to an aromatic ring is 1. The minimum atomic E-state index is -0.455. The number of aromatic nitrogens is 1. The molecule has 6 nitrogen and oxygen atoms in total. The number of benzene rings is 1. The topological polar surface area (TPSA) is 87.3 Å². The van der Waals surface area contributed by atoms with E-state index in [0.29, 0.717) is 22.7 Å². The number of hydrogen-bond donors (Lipinski definition) is 3. The number of nitrogens with one attached hydrogen (secondary N) is 2. The van der Waals surface area contributed by atoms with Crippen LogP contribution in [-0.2, 0) is 0 Å². The van der Waals surface area contributed by atoms with Gasteiger partial charge in [0.05, 0.1) is 16.9 Å². The monoisotopic (exact) mass is 262 g/mol. The Kier molecular flexibility index (Phi) is 2.94. The highest BCUT2D eigenvalue weighted by molar-refractivity contribution is 5.85. The molecule has 1 atom stereocenters. The Hall–Kier alpha value is -1.95. The SMILES string of the molecule is CN1CCC(CNc2cc3[nH]c(=O)oc3cc2N)C1. The first-order chi connectivity index (χ1) is 9.11. The number of H-pyrrole nitrogens is 1. The number of aromatic amines is 1. The van der Waals surface area contributed by atoms with Gasteiger partial charge in [-0.3, -0.25) is 4.98 Å². The summed E-state index contributed by atoms with van der Waals surface area (Å²) in [5.41, 5.74) is 8.57. The molecule has 4 N–H and O–H groups in total. The molecule has 102 valence electrons. The van der Waals surface area contributed by atoms with E-state index in [-0.39, 0.29) is 0 Å². The third-order valence-corrected chi connectivity index (χ3v) is 3.66. The molecule has 1 aromatic carbocycles. The second kappa shape index (κ2) is 4.62. The lowest BCUT2D eigenvalue weighted by molar-refractivity contribution is 0.399. The lowest BCUT2D eigenvalue weighted by Crippen LogP contribution is -2.19. The Morgan fingerprint density at radius 1 is 1.58 bits per heavy atom. The molecule has 1 unspecified atom stereocenters. The fourth-order valence-electron chi connectivity index (χ4n) is 2.61. The summed E-state index contributed by atoms with van der Waals surface area (Å²) in [6.07, 6.45) is 1.20. The van der Waals surface area contributed by atoms with Crippen molar-refractivity contribution in [3.63, 3.8) is 0 Å². The van der Waals surface area contributed by atoms with Crippen molar-refractivity contribution >= 4 is 22.5 Å². The van der Waals surface area contributed by atoms with E-state index < -0.39 is 5.76 Å². The van der Waals surface area contributed by atoms with Crippen LogP contribution in [0, 0.1) is 5.92 Å². The van der Waals surface area contributed by atoms with Gasteiger partial charge >= 0.3 is 5.76 Å². The third-order valence-electron chi connectivity index (χ3n) is 3.66. The summed E-state index contributed by atoms with van der Waals surface area (Å²) in [5.74, 6) is 0.187. The third kappa shape index (κ3) is 2.44. The summed E-state index contributed by atoms with van der Waals surface area (Å²) in [4.78, 5) is 16.1. The summed E-state index contributed by atoms with van der Waals surface area (Å²) < 4.78 is 4.97. The fourth-order valence-corrected chi connectivity index (χ4v) is 2.61. The minimum Gasteiger partial charge on any atom is -0.408 e. The van der Waals surface area contributed by atoms with E-state index in [2.05, 4.69) is 22.2 Å². The summed E-state index contributed by atoms with van der Waals surface area (Å²) in [6, 6.07) is 3.50. The first-order valence-electron chi connectivity index (χ1n) is 6.46. The molecule has 3 rings (SSSR count). The normalized spacial score (nSPS) is 20.2. The van der Waals surface area contributed by atoms with Gasteiger partial charge in [-0.2, -0.15) is 0 Å². The second-order valence-corrected chi connectivity index (χ2v) is 5.25. The van der Waals surface area contributed by atoms with Gasteiger partial charge in [-0.15, -0.1) is 0 Å². The molecule has 0 amide bonds. The highest BCUT2D eigenvalue weighted by Crippen LogP contribution is 2.25. The van der Waals surface area contributed by atoms with Crippen molar-refractivity contribution in [1.29, 1.82) is 0 Å². The van der Waals surface area contributed by atoms with Gasteiger partial charge < -0.3 is 20.4 Å². The molecule has 19 heavy (non-hydrogen) atoms. The lowest BCUT2D eigenvalue weighted by Gasteiger charge is -2.14. The number of fused-ring (bicyclic) bond motifs is 1. The van der Waals surface area contributed by atoms with E-state index in [9.17, 15) is 4.79 Å². The number of oxazole rings is 1. The number of anilines is 2. The van der Waals surface area contributed by atoms with Crippen LogP contribution in [0.15, 0.2) is 21.3 Å². The average Bonchev–Trinajstić information content (AvgIpc) is 2.91. The molecule has 0 radical (unpaired) electrons. The minimum absolute atomic E-state index is 0.455. The van der Waals surface area contributed by atoms with Gasteiger partial charge in [0, 0.05) is 19.2 Å². The molecule has 6 heteroatoms. The number of likely N-dealkylation sites (tertiary alicyclic amines) is 1. The predicted molar refractivity (Wildman–Crippen MR) is 75.3 cm³/mol. The van der Waals surface area contributed by atoms with E-state index in [1.54, 1.807) is 6.07 Å². The van der Waals surface area contributed by atoms with Gasteiger partial charge in [0.1, 0.15) is 0 Å². The van der Waals surface area contributed by atoms with Crippen LogP contribution in [0.3, 0.4) is 0 Å². The van der Waals surface area contributed by atoms with E-state index >= 15 is 0 Å². The van der Waals surface area contributed by atoms with Gasteiger partial charge in [-0.05, 0) is 32.0 Å². The summed E-state index contributed by atoms with van der Waals surface area (Å²) in [5, 5.41) is 3.36. The van der Waals surface area contributed by atoms with Crippen LogP contribution in [-0.4, -0.2) is 36.6 Å². The van der Waals surface area contributed by atoms with Crippen molar-refractivity contribution in [2.75, 3.05) is 37.7 Å². The molecular weight excluding hydrogens is 244 g/mol. The maximum Gasteiger partial charge on any atom is 0.417 e. The van der Waals surface area contributed by atoms with E-state index in [1.807, 2.05) is 6.07 Å². The number of rotatable bonds is 3. The molecule has 1 saturated heterocycles. The van der Waals surface area contributed by atoms with E-state index in [0.717, 1.165) is 25.3 Å². The van der Waals surface area contributed by atoms with Crippen LogP contribution >= 0.6 is 0 Å². The van der Waals surface area contributed by atoms with Crippen LogP contribution in [0.1, 0.15) is 6.42 Å². The van der Waals surface area contributed by atoms with Crippen molar-refractivity contribution in [3.8, 4) is 0 Å². The Labute approximate surface area is 110 Å². The first kappa shape index (κ1) is 12.1. The maximum atomic E-state index is 11.1. The molecule has 0 saturated carbocycles. The standard InChI is InChI=1S/C13H18N4O2/c1-17-3-2-8(7-17)6-15-10-5-11-12(4-9(10)14)19-13(18)16-11/h4-5,8,15H,2-3,6-7,14H2,1H3,(H,16,18). The van der Waals surface area contributed by atoms with Gasteiger partial charge in [0.2, 0.25) is 0 Å². The zero-order chi connectivity index (χ0) is 13.4. The fraction of sp³-hybridized carbons (Fsp3) is 0.462. The van der Waals surface area contributed by atoms with Crippen LogP contribution in [0.4, 0.5) is 11.4 Å². The second-order valence-electron chi connectivity index (χ2n) is 5.25. The molecule has 2 aromatic rings. The smallest absolute Gasteiger partial charge is 0.408 e. The number of hydrogen-bond acceptors (Lipinski definition) is 5. The molecular formula is C13H18N4O2. The zero-order valence-electron chi connectivity index (χ0n) is 10.9. The van der Waals surface area contributed by atoms with Gasteiger partial charge in [0.15, 0.2) is 5.58 Å². The largest absolute Gasteiger partial charge is 0.417 e. The van der Waals surface area contributed by atoms with Crippen molar-refractivity contribution in [1.82, 2.24) is 9.88 Å². The molecule has 1 fully saturated rings. The van der Waals surface area contributed by atoms with Crippen molar-refractivity contribution in [2.24, 2.45) is 5.92 Å². The molecule has 0 spiro atoms. The predicted octanol–water partition coefficient (Wildman–Crippen LogP) is 1.07. The summed E-state index contributed by atoms with van der Waals surface area (Å²) >= 11 is 0. The maximum absolute atomic E-state index is 11.1. The Balaban J connectivity index is 1.76. The van der Waals surface area contributed by atoms with Crippen molar-refractivity contribution < 1.29 is 4.42 Å². The van der Waals surface area contributed by atoms with Crippen LogP contribution in [0.2, 0.25) is 0 Å². The molecule has 1 aliphatic rings. The van der Waals surface area contributed by atoms with Crippen LogP contribution in [0.5, 0.6) is 0 Å². The van der Waals surface area contributed by atoms with Crippen LogP contribution < -0.4 is 16.8 Å². The molecule has 1 aromatic heterocycles.